The van der Waals surface area contributed by atoms with Crippen LogP contribution in [-0.4, -0.2) is 4.98 Å². The number of hydrogen-bond donors (Lipinski definition) is 0. The van der Waals surface area contributed by atoms with Crippen LogP contribution in [-0.2, 0) is 0 Å². The van der Waals surface area contributed by atoms with Crippen LogP contribution >= 0.6 is 0 Å². The fourth-order valence-corrected chi connectivity index (χ4v) is 2.09. The van der Waals surface area contributed by atoms with Gasteiger partial charge in [0.2, 0.25) is 5.95 Å². The number of nitrogens with zero attached hydrogens (tertiary/aromatic N) is 1. The summed E-state index contributed by atoms with van der Waals surface area (Å²) in [6.07, 6.45) is 3.79. The summed E-state index contributed by atoms with van der Waals surface area (Å²) < 4.78 is 12.8. The lowest BCUT2D eigenvalue weighted by Gasteiger charge is -2.16. The van der Waals surface area contributed by atoms with Gasteiger partial charge in [-0.3, -0.25) is 0 Å². The Hall–Kier alpha value is -1.70. The maximum atomic E-state index is 12.8. The Balaban J connectivity index is 2.32. The van der Waals surface area contributed by atoms with Crippen molar-refractivity contribution >= 4 is 0 Å². The molecule has 0 N–H and O–H groups in total. The Labute approximate surface area is 101 Å². The zero-order chi connectivity index (χ0) is 12.1. The molecule has 2 rings (SSSR count). The smallest absolute Gasteiger partial charge is 0.212 e. The maximum absolute atomic E-state index is 12.8. The van der Waals surface area contributed by atoms with Crippen molar-refractivity contribution in [3.8, 4) is 0 Å². The summed E-state index contributed by atoms with van der Waals surface area (Å²) in [4.78, 5) is 3.74. The molecule has 0 aliphatic rings. The van der Waals surface area contributed by atoms with Crippen LogP contribution < -0.4 is 0 Å². The van der Waals surface area contributed by atoms with E-state index in [4.69, 9.17) is 0 Å². The summed E-state index contributed by atoms with van der Waals surface area (Å²) in [5, 5.41) is 0. The van der Waals surface area contributed by atoms with Gasteiger partial charge in [-0.15, -0.1) is 0 Å². The van der Waals surface area contributed by atoms with Gasteiger partial charge >= 0.3 is 0 Å². The highest BCUT2D eigenvalue weighted by atomic mass is 19.1. The second-order valence-electron chi connectivity index (χ2n) is 4.17. The summed E-state index contributed by atoms with van der Waals surface area (Å²) in [5.41, 5.74) is 2.35. The molecule has 0 saturated carbocycles. The first-order valence-electron chi connectivity index (χ1n) is 5.97. The second kappa shape index (κ2) is 5.58. The minimum atomic E-state index is -0.419. The first kappa shape index (κ1) is 11.8. The molecule has 1 unspecified atom stereocenters. The van der Waals surface area contributed by atoms with Crippen molar-refractivity contribution in [3.63, 3.8) is 0 Å². The van der Waals surface area contributed by atoms with Gasteiger partial charge in [0.15, 0.2) is 0 Å². The van der Waals surface area contributed by atoms with Gasteiger partial charge in [-0.05, 0) is 23.6 Å². The summed E-state index contributed by atoms with van der Waals surface area (Å²) in [6, 6.07) is 13.6. The maximum Gasteiger partial charge on any atom is 0.212 e. The fraction of sp³-hybridized carbons (Fsp3) is 0.267. The van der Waals surface area contributed by atoms with Gasteiger partial charge in [-0.1, -0.05) is 49.7 Å². The van der Waals surface area contributed by atoms with E-state index in [2.05, 4.69) is 24.0 Å². The van der Waals surface area contributed by atoms with Crippen LogP contribution in [0.5, 0.6) is 0 Å². The molecule has 88 valence electrons. The predicted octanol–water partition coefficient (Wildman–Crippen LogP) is 4.15. The van der Waals surface area contributed by atoms with E-state index in [0.717, 1.165) is 18.4 Å². The molecule has 1 aromatic heterocycles. The minimum absolute atomic E-state index is 0.314. The van der Waals surface area contributed by atoms with Crippen molar-refractivity contribution < 1.29 is 4.39 Å². The quantitative estimate of drug-likeness (QED) is 0.717. The van der Waals surface area contributed by atoms with Gasteiger partial charge < -0.3 is 0 Å². The highest BCUT2D eigenvalue weighted by Gasteiger charge is 2.13. The number of hydrogen-bond acceptors (Lipinski definition) is 1. The SMILES string of the molecule is CCCC(c1ccccc1)c1ccc(F)nc1. The Morgan fingerprint density at radius 1 is 1.06 bits per heavy atom. The van der Waals surface area contributed by atoms with Crippen molar-refractivity contribution in [1.29, 1.82) is 0 Å². The lowest BCUT2D eigenvalue weighted by molar-refractivity contribution is 0.579. The Morgan fingerprint density at radius 3 is 2.41 bits per heavy atom. The molecule has 0 amide bonds. The standard InChI is InChI=1S/C15H16FN/c1-2-6-14(12-7-4-3-5-8-12)13-9-10-15(16)17-11-13/h3-5,7-11,14H,2,6H2,1H3. The molecule has 0 fully saturated rings. The predicted molar refractivity (Wildman–Crippen MR) is 67.4 cm³/mol. The van der Waals surface area contributed by atoms with Gasteiger partial charge in [0.25, 0.3) is 0 Å². The molecular weight excluding hydrogens is 213 g/mol. The second-order valence-corrected chi connectivity index (χ2v) is 4.17. The fourth-order valence-electron chi connectivity index (χ4n) is 2.09. The molecule has 0 bridgehead atoms. The van der Waals surface area contributed by atoms with Crippen molar-refractivity contribution in [1.82, 2.24) is 4.98 Å². The van der Waals surface area contributed by atoms with E-state index in [-0.39, 0.29) is 0 Å². The van der Waals surface area contributed by atoms with Crippen molar-refractivity contribution in [3.05, 3.63) is 65.7 Å². The monoisotopic (exact) mass is 229 g/mol. The zero-order valence-corrected chi connectivity index (χ0v) is 9.94. The molecule has 0 spiro atoms. The summed E-state index contributed by atoms with van der Waals surface area (Å²) in [7, 11) is 0. The zero-order valence-electron chi connectivity index (χ0n) is 9.94. The lowest BCUT2D eigenvalue weighted by Crippen LogP contribution is -2.01. The number of halogens is 1. The van der Waals surface area contributed by atoms with E-state index in [1.54, 1.807) is 6.20 Å². The third kappa shape index (κ3) is 2.90. The Morgan fingerprint density at radius 2 is 1.82 bits per heavy atom. The number of pyridine rings is 1. The van der Waals surface area contributed by atoms with E-state index in [0.29, 0.717) is 5.92 Å². The summed E-state index contributed by atoms with van der Waals surface area (Å²) in [5.74, 6) is -0.105. The highest BCUT2D eigenvalue weighted by Crippen LogP contribution is 2.28. The molecule has 0 radical (unpaired) electrons. The summed E-state index contributed by atoms with van der Waals surface area (Å²) in [6.45, 7) is 2.16. The normalized spacial score (nSPS) is 12.4. The van der Waals surface area contributed by atoms with Crippen LogP contribution in [0.1, 0.15) is 36.8 Å². The van der Waals surface area contributed by atoms with Gasteiger partial charge in [-0.2, -0.15) is 4.39 Å². The van der Waals surface area contributed by atoms with Crippen LogP contribution in [0.25, 0.3) is 0 Å². The highest BCUT2D eigenvalue weighted by molar-refractivity contribution is 5.30. The van der Waals surface area contributed by atoms with Gasteiger partial charge in [0.1, 0.15) is 0 Å². The van der Waals surface area contributed by atoms with Crippen LogP contribution in [0.4, 0.5) is 4.39 Å². The Kier molecular flexibility index (Phi) is 3.86. The van der Waals surface area contributed by atoms with Gasteiger partial charge in [0.05, 0.1) is 0 Å². The van der Waals surface area contributed by atoms with Crippen LogP contribution in [0, 0.1) is 5.95 Å². The molecule has 0 aliphatic carbocycles. The average Bonchev–Trinajstić information content (AvgIpc) is 2.38. The van der Waals surface area contributed by atoms with Crippen molar-refractivity contribution in [2.45, 2.75) is 25.7 Å². The third-order valence-corrected chi connectivity index (χ3v) is 2.93. The molecule has 1 aromatic carbocycles. The van der Waals surface area contributed by atoms with Crippen LogP contribution in [0.2, 0.25) is 0 Å². The van der Waals surface area contributed by atoms with E-state index in [1.165, 1.54) is 11.6 Å². The molecule has 1 atom stereocenters. The van der Waals surface area contributed by atoms with Gasteiger partial charge in [-0.25, -0.2) is 4.98 Å². The molecule has 1 nitrogen and oxygen atoms in total. The molecule has 0 saturated heterocycles. The van der Waals surface area contributed by atoms with Crippen LogP contribution in [0.3, 0.4) is 0 Å². The third-order valence-electron chi connectivity index (χ3n) is 2.93. The minimum Gasteiger partial charge on any atom is -0.228 e. The largest absolute Gasteiger partial charge is 0.228 e. The van der Waals surface area contributed by atoms with E-state index >= 15 is 0 Å². The first-order valence-corrected chi connectivity index (χ1v) is 5.97. The average molecular weight is 229 g/mol. The molecule has 2 aromatic rings. The van der Waals surface area contributed by atoms with Crippen molar-refractivity contribution in [2.24, 2.45) is 0 Å². The van der Waals surface area contributed by atoms with E-state index in [9.17, 15) is 4.39 Å². The number of rotatable bonds is 4. The van der Waals surface area contributed by atoms with Crippen LogP contribution in [0.15, 0.2) is 48.7 Å². The van der Waals surface area contributed by atoms with Gasteiger partial charge in [0, 0.05) is 12.1 Å². The molecular formula is C15H16FN. The number of aromatic nitrogens is 1. The Bertz CT molecular complexity index is 450. The number of benzene rings is 1. The van der Waals surface area contributed by atoms with E-state index in [1.807, 2.05) is 24.3 Å². The first-order chi connectivity index (χ1) is 8.31. The topological polar surface area (TPSA) is 12.9 Å². The molecule has 17 heavy (non-hydrogen) atoms. The lowest BCUT2D eigenvalue weighted by atomic mass is 9.89. The molecule has 0 aliphatic heterocycles. The molecule has 1 heterocycles. The van der Waals surface area contributed by atoms with Crippen molar-refractivity contribution in [2.75, 3.05) is 0 Å². The summed E-state index contributed by atoms with van der Waals surface area (Å²) >= 11 is 0. The molecule has 2 heteroatoms. The van der Waals surface area contributed by atoms with E-state index < -0.39 is 5.95 Å².